The molecule has 112 valence electrons. The van der Waals surface area contributed by atoms with Crippen LogP contribution in [0.1, 0.15) is 32.8 Å². The minimum Gasteiger partial charge on any atom is -0.368 e. The van der Waals surface area contributed by atoms with Crippen LogP contribution in [0, 0.1) is 5.92 Å². The third-order valence-corrected chi connectivity index (χ3v) is 3.87. The first-order valence-corrected chi connectivity index (χ1v) is 7.61. The van der Waals surface area contributed by atoms with E-state index in [1.54, 1.807) is 0 Å². The van der Waals surface area contributed by atoms with Gasteiger partial charge in [-0.25, -0.2) is 0 Å². The summed E-state index contributed by atoms with van der Waals surface area (Å²) >= 11 is 6.13. The van der Waals surface area contributed by atoms with Gasteiger partial charge in [0, 0.05) is 10.9 Å². The Morgan fingerprint density at radius 2 is 2.10 bits per heavy atom. The second kappa shape index (κ2) is 7.41. The summed E-state index contributed by atoms with van der Waals surface area (Å²) in [7, 11) is 0. The van der Waals surface area contributed by atoms with Crippen molar-refractivity contribution in [2.45, 2.75) is 52.3 Å². The SMILES string of the molecule is CC[C@H]1O[C@@H](C(C)C)OC[C@H]1OCc1ccccc1Cl. The van der Waals surface area contributed by atoms with Crippen LogP contribution >= 0.6 is 11.6 Å². The van der Waals surface area contributed by atoms with Gasteiger partial charge in [-0.2, -0.15) is 0 Å². The zero-order valence-corrected chi connectivity index (χ0v) is 13.1. The number of ether oxygens (including phenoxy) is 3. The molecule has 1 saturated heterocycles. The molecule has 20 heavy (non-hydrogen) atoms. The molecule has 1 fully saturated rings. The highest BCUT2D eigenvalue weighted by Gasteiger charge is 2.32. The first-order valence-electron chi connectivity index (χ1n) is 7.24. The zero-order valence-electron chi connectivity index (χ0n) is 12.3. The van der Waals surface area contributed by atoms with Crippen molar-refractivity contribution in [3.63, 3.8) is 0 Å². The normalized spacial score (nSPS) is 26.9. The van der Waals surface area contributed by atoms with Crippen molar-refractivity contribution in [3.8, 4) is 0 Å². The Balaban J connectivity index is 1.91. The molecule has 0 radical (unpaired) electrons. The Labute approximate surface area is 126 Å². The molecule has 0 unspecified atom stereocenters. The van der Waals surface area contributed by atoms with Crippen molar-refractivity contribution in [1.29, 1.82) is 0 Å². The monoisotopic (exact) mass is 298 g/mol. The van der Waals surface area contributed by atoms with Crippen molar-refractivity contribution in [2.75, 3.05) is 6.61 Å². The van der Waals surface area contributed by atoms with Crippen LogP contribution in [-0.4, -0.2) is 25.1 Å². The van der Waals surface area contributed by atoms with Gasteiger partial charge in [-0.1, -0.05) is 50.6 Å². The number of hydrogen-bond acceptors (Lipinski definition) is 3. The summed E-state index contributed by atoms with van der Waals surface area (Å²) in [5, 5.41) is 0.734. The van der Waals surface area contributed by atoms with E-state index in [0.717, 1.165) is 17.0 Å². The van der Waals surface area contributed by atoms with Crippen LogP contribution in [0.25, 0.3) is 0 Å². The van der Waals surface area contributed by atoms with E-state index in [-0.39, 0.29) is 18.5 Å². The van der Waals surface area contributed by atoms with Gasteiger partial charge in [-0.3, -0.25) is 0 Å². The van der Waals surface area contributed by atoms with E-state index in [2.05, 4.69) is 20.8 Å². The molecule has 2 rings (SSSR count). The highest BCUT2D eigenvalue weighted by Crippen LogP contribution is 2.24. The number of benzene rings is 1. The first-order chi connectivity index (χ1) is 9.61. The Bertz CT molecular complexity index is 422. The third kappa shape index (κ3) is 3.95. The molecule has 1 aromatic rings. The van der Waals surface area contributed by atoms with E-state index in [9.17, 15) is 0 Å². The summed E-state index contributed by atoms with van der Waals surface area (Å²) in [6.07, 6.45) is 0.838. The van der Waals surface area contributed by atoms with E-state index in [1.165, 1.54) is 0 Å². The molecule has 0 amide bonds. The Hall–Kier alpha value is -0.610. The van der Waals surface area contributed by atoms with E-state index >= 15 is 0 Å². The third-order valence-electron chi connectivity index (χ3n) is 3.51. The maximum absolute atomic E-state index is 6.13. The average Bonchev–Trinajstić information content (AvgIpc) is 2.46. The van der Waals surface area contributed by atoms with Gasteiger partial charge in [0.05, 0.1) is 19.3 Å². The largest absolute Gasteiger partial charge is 0.368 e. The lowest BCUT2D eigenvalue weighted by Gasteiger charge is -2.37. The van der Waals surface area contributed by atoms with Crippen LogP contribution < -0.4 is 0 Å². The second-order valence-corrected chi connectivity index (χ2v) is 5.88. The molecule has 0 bridgehead atoms. The van der Waals surface area contributed by atoms with Crippen LogP contribution in [-0.2, 0) is 20.8 Å². The molecule has 3 nitrogen and oxygen atoms in total. The molecule has 4 heteroatoms. The Morgan fingerprint density at radius 3 is 2.75 bits per heavy atom. The summed E-state index contributed by atoms with van der Waals surface area (Å²) in [6.45, 7) is 7.37. The van der Waals surface area contributed by atoms with Crippen molar-refractivity contribution < 1.29 is 14.2 Å². The van der Waals surface area contributed by atoms with Gasteiger partial charge >= 0.3 is 0 Å². The highest BCUT2D eigenvalue weighted by molar-refractivity contribution is 6.31. The topological polar surface area (TPSA) is 27.7 Å². The van der Waals surface area contributed by atoms with Crippen LogP contribution in [0.3, 0.4) is 0 Å². The fourth-order valence-electron chi connectivity index (χ4n) is 2.27. The van der Waals surface area contributed by atoms with Crippen molar-refractivity contribution in [1.82, 2.24) is 0 Å². The molecule has 3 atom stereocenters. The van der Waals surface area contributed by atoms with Crippen LogP contribution in [0.15, 0.2) is 24.3 Å². The predicted octanol–water partition coefficient (Wildman–Crippen LogP) is 4.03. The minimum atomic E-state index is -0.125. The quantitative estimate of drug-likeness (QED) is 0.821. The van der Waals surface area contributed by atoms with Crippen LogP contribution in [0.4, 0.5) is 0 Å². The average molecular weight is 299 g/mol. The number of halogens is 1. The lowest BCUT2D eigenvalue weighted by Crippen LogP contribution is -2.46. The molecule has 1 aliphatic heterocycles. The van der Waals surface area contributed by atoms with E-state index in [4.69, 9.17) is 25.8 Å². The molecule has 0 aromatic heterocycles. The maximum atomic E-state index is 6.13. The minimum absolute atomic E-state index is 0.0359. The molecule has 1 aliphatic rings. The molecule has 0 saturated carbocycles. The Morgan fingerprint density at radius 1 is 1.35 bits per heavy atom. The predicted molar refractivity (Wildman–Crippen MR) is 79.8 cm³/mol. The van der Waals surface area contributed by atoms with E-state index in [1.807, 2.05) is 24.3 Å². The fourth-order valence-corrected chi connectivity index (χ4v) is 2.46. The maximum Gasteiger partial charge on any atom is 0.160 e. The molecule has 1 heterocycles. The second-order valence-electron chi connectivity index (χ2n) is 5.47. The van der Waals surface area contributed by atoms with Gasteiger partial charge in [0.25, 0.3) is 0 Å². The standard InChI is InChI=1S/C16H23ClO3/c1-4-14-15(10-19-16(20-14)11(2)3)18-9-12-7-5-6-8-13(12)17/h5-8,11,14-16H,4,9-10H2,1-3H3/t14-,15-,16+/m1/s1. The molecular formula is C16H23ClO3. The van der Waals surface area contributed by atoms with E-state index < -0.39 is 0 Å². The van der Waals surface area contributed by atoms with Crippen molar-refractivity contribution in [2.24, 2.45) is 5.92 Å². The molecule has 0 N–H and O–H groups in total. The van der Waals surface area contributed by atoms with Gasteiger partial charge in [-0.15, -0.1) is 0 Å². The number of hydrogen-bond donors (Lipinski definition) is 0. The van der Waals surface area contributed by atoms with Crippen LogP contribution in [0.2, 0.25) is 5.02 Å². The van der Waals surface area contributed by atoms with E-state index in [0.29, 0.717) is 19.1 Å². The smallest absolute Gasteiger partial charge is 0.160 e. The van der Waals surface area contributed by atoms with Crippen LogP contribution in [0.5, 0.6) is 0 Å². The summed E-state index contributed by atoms with van der Waals surface area (Å²) in [5.74, 6) is 0.355. The van der Waals surface area contributed by atoms with Gasteiger partial charge in [0.2, 0.25) is 0 Å². The lowest BCUT2D eigenvalue weighted by molar-refractivity contribution is -0.276. The first kappa shape index (κ1) is 15.8. The lowest BCUT2D eigenvalue weighted by atomic mass is 10.1. The summed E-state index contributed by atoms with van der Waals surface area (Å²) in [5.41, 5.74) is 0.995. The Kier molecular flexibility index (Phi) is 5.85. The van der Waals surface area contributed by atoms with Gasteiger partial charge in [-0.05, 0) is 18.1 Å². The zero-order chi connectivity index (χ0) is 14.5. The molecule has 0 aliphatic carbocycles. The number of rotatable bonds is 5. The molecule has 0 spiro atoms. The van der Waals surface area contributed by atoms with Crippen molar-refractivity contribution in [3.05, 3.63) is 34.9 Å². The summed E-state index contributed by atoms with van der Waals surface area (Å²) in [4.78, 5) is 0. The van der Waals surface area contributed by atoms with Gasteiger partial charge in [0.15, 0.2) is 6.29 Å². The van der Waals surface area contributed by atoms with Crippen molar-refractivity contribution >= 4 is 11.6 Å². The molecule has 1 aromatic carbocycles. The molecular weight excluding hydrogens is 276 g/mol. The summed E-state index contributed by atoms with van der Waals surface area (Å²) in [6, 6.07) is 7.73. The highest BCUT2D eigenvalue weighted by atomic mass is 35.5. The fraction of sp³-hybridized carbons (Fsp3) is 0.625. The summed E-state index contributed by atoms with van der Waals surface area (Å²) < 4.78 is 17.6. The van der Waals surface area contributed by atoms with Gasteiger partial charge < -0.3 is 14.2 Å². The van der Waals surface area contributed by atoms with Gasteiger partial charge in [0.1, 0.15) is 6.10 Å².